The predicted octanol–water partition coefficient (Wildman–Crippen LogP) is 6.48. The molecule has 30 nitrogen and oxygen atoms in total. The molecule has 516 valence electrons. The van der Waals surface area contributed by atoms with Gasteiger partial charge in [-0.1, -0.05) is 84.0 Å². The van der Waals surface area contributed by atoms with Gasteiger partial charge in [-0.3, -0.25) is 43.2 Å². The number of hydrogen-bond donors (Lipinski definition) is 10. The van der Waals surface area contributed by atoms with Crippen molar-refractivity contribution in [3.63, 3.8) is 0 Å². The fourth-order valence-electron chi connectivity index (χ4n) is 9.98. The van der Waals surface area contributed by atoms with E-state index in [2.05, 4.69) is 79.9 Å². The molecule has 5 rings (SSSR count). The van der Waals surface area contributed by atoms with Gasteiger partial charge in [-0.25, -0.2) is 19.7 Å². The second-order valence-electron chi connectivity index (χ2n) is 24.5. The van der Waals surface area contributed by atoms with E-state index in [1.54, 1.807) is 68.4 Å². The Kier molecular flexibility index (Phi) is 31.0. The summed E-state index contributed by atoms with van der Waals surface area (Å²) in [5.41, 5.74) is 0.411. The SMILES string of the molecule is CCCCCCCCCCCCCCCC(=O)Nc1cn(C)c(C(=O)Nc2cc(C(=O)NCCC(=O)Nc3cn(C)c(C(=O)Nc4cc(C(=O)NCCC(=O)Nc5cn(C)c(C(=O)NCCC(=O)NCCCN(C)CCCNC(=O)OC(C)(C)C)n5)n(C)c4)n3)n(C)c2)n1. The molecule has 0 aliphatic heterocycles. The van der Waals surface area contributed by atoms with Crippen molar-refractivity contribution in [1.82, 2.24) is 69.3 Å². The van der Waals surface area contributed by atoms with Gasteiger partial charge in [0.05, 0.1) is 11.4 Å². The Labute approximate surface area is 550 Å². The number of anilines is 5. The zero-order valence-electron chi connectivity index (χ0n) is 56.4. The molecular weight excluding hydrogens is 1210 g/mol. The predicted molar refractivity (Wildman–Crippen MR) is 357 cm³/mol. The third kappa shape index (κ3) is 27.1. The van der Waals surface area contributed by atoms with Gasteiger partial charge in [0.15, 0.2) is 17.5 Å². The van der Waals surface area contributed by atoms with Crippen LogP contribution in [0, 0.1) is 0 Å². The Morgan fingerprint density at radius 1 is 0.404 bits per heavy atom. The van der Waals surface area contributed by atoms with Gasteiger partial charge < -0.3 is 85.6 Å². The minimum Gasteiger partial charge on any atom is -0.444 e. The number of amides is 10. The van der Waals surface area contributed by atoms with Crippen LogP contribution in [0.5, 0.6) is 0 Å². The number of ether oxygens (including phenoxy) is 1. The Bertz CT molecular complexity index is 3350. The number of imidazole rings is 3. The van der Waals surface area contributed by atoms with E-state index >= 15 is 0 Å². The average molecular weight is 1310 g/mol. The summed E-state index contributed by atoms with van der Waals surface area (Å²) < 4.78 is 12.6. The second kappa shape index (κ2) is 38.6. The normalized spacial score (nSPS) is 11.2. The van der Waals surface area contributed by atoms with Crippen LogP contribution >= 0.6 is 0 Å². The quantitative estimate of drug-likeness (QED) is 0.0187. The molecule has 0 aromatic carbocycles. The van der Waals surface area contributed by atoms with Gasteiger partial charge in [0, 0.05) is 125 Å². The number of aromatic nitrogens is 8. The van der Waals surface area contributed by atoms with Crippen LogP contribution in [0.25, 0.3) is 0 Å². The van der Waals surface area contributed by atoms with E-state index in [1.807, 2.05) is 7.05 Å². The number of carbonyl (C=O) groups excluding carboxylic acids is 10. The van der Waals surface area contributed by atoms with Crippen LogP contribution in [0.3, 0.4) is 0 Å². The number of rotatable bonds is 41. The van der Waals surface area contributed by atoms with Crippen molar-refractivity contribution in [1.29, 1.82) is 0 Å². The maximum absolute atomic E-state index is 13.3. The molecule has 0 saturated carbocycles. The number of aryl methyl sites for hydroxylation is 5. The summed E-state index contributed by atoms with van der Waals surface area (Å²) in [7, 11) is 9.97. The van der Waals surface area contributed by atoms with Crippen LogP contribution in [-0.4, -0.2) is 160 Å². The topological polar surface area (TPSA) is 367 Å². The molecule has 0 spiro atoms. The lowest BCUT2D eigenvalue weighted by Gasteiger charge is -2.20. The van der Waals surface area contributed by atoms with Crippen molar-refractivity contribution >= 4 is 88.1 Å². The Hall–Kier alpha value is -9.35. The van der Waals surface area contributed by atoms with Gasteiger partial charge in [0.2, 0.25) is 41.1 Å². The van der Waals surface area contributed by atoms with E-state index in [-0.39, 0.29) is 103 Å². The van der Waals surface area contributed by atoms with Crippen LogP contribution in [0.1, 0.15) is 203 Å². The van der Waals surface area contributed by atoms with E-state index in [0.29, 0.717) is 31.6 Å². The van der Waals surface area contributed by atoms with Gasteiger partial charge in [0.1, 0.15) is 17.0 Å². The standard InChI is InChI=1S/C64H99N19O11/c1-11-12-13-14-15-16-17-18-19-20-21-22-23-26-52(85)72-48-42-82(9)56(76-48)61(91)70-44-37-46(79(6)39-44)59(89)67-34-29-54(87)74-50-43-83(10)57(77-50)62(92)71-45-38-47(80(7)40-45)58(88)66-33-28-53(86)73-49-41-81(8)55(75-49)60(90)68-32-27-51(84)65-30-24-35-78(5)36-25-31-69-63(93)94-64(2,3)4/h37-43H,11-36H2,1-10H3,(H,65,84)(H,66,88)(H,67,89)(H,68,90)(H,69,93)(H,70,91)(H,71,92)(H,72,85)(H,73,86)(H,74,87). The molecule has 0 bridgehead atoms. The molecule has 0 atom stereocenters. The van der Waals surface area contributed by atoms with Gasteiger partial charge in [-0.05, 0) is 72.3 Å². The van der Waals surface area contributed by atoms with Crippen LogP contribution in [0.2, 0.25) is 0 Å². The molecule has 0 unspecified atom stereocenters. The van der Waals surface area contributed by atoms with E-state index in [9.17, 15) is 47.9 Å². The molecule has 30 heteroatoms. The number of unbranched alkanes of at least 4 members (excludes halogenated alkanes) is 12. The van der Waals surface area contributed by atoms with Gasteiger partial charge in [-0.15, -0.1) is 0 Å². The Balaban J connectivity index is 0.938. The van der Waals surface area contributed by atoms with Crippen molar-refractivity contribution in [2.24, 2.45) is 35.2 Å². The first-order chi connectivity index (χ1) is 44.8. The third-order valence-corrected chi connectivity index (χ3v) is 14.9. The zero-order chi connectivity index (χ0) is 68.7. The summed E-state index contributed by atoms with van der Waals surface area (Å²) in [5.74, 6) is -3.69. The molecule has 5 aromatic rings. The molecule has 0 radical (unpaired) electrons. The number of carbonyl (C=O) groups is 10. The molecule has 0 fully saturated rings. The first-order valence-electron chi connectivity index (χ1n) is 32.5. The summed E-state index contributed by atoms with van der Waals surface area (Å²) >= 11 is 0. The largest absolute Gasteiger partial charge is 0.444 e. The van der Waals surface area contributed by atoms with Crippen molar-refractivity contribution in [2.45, 2.75) is 155 Å². The second-order valence-corrected chi connectivity index (χ2v) is 24.5. The highest BCUT2D eigenvalue weighted by atomic mass is 16.6. The molecule has 5 aromatic heterocycles. The maximum atomic E-state index is 13.3. The monoisotopic (exact) mass is 1310 g/mol. The number of nitrogens with one attached hydrogen (secondary N) is 10. The van der Waals surface area contributed by atoms with E-state index in [0.717, 1.165) is 38.8 Å². The summed E-state index contributed by atoms with van der Waals surface area (Å²) in [4.78, 5) is 143. The van der Waals surface area contributed by atoms with Crippen molar-refractivity contribution < 1.29 is 52.7 Å². The van der Waals surface area contributed by atoms with Gasteiger partial charge >= 0.3 is 6.09 Å². The molecule has 0 saturated heterocycles. The molecule has 10 amide bonds. The summed E-state index contributed by atoms with van der Waals surface area (Å²) in [5, 5.41) is 27.1. The van der Waals surface area contributed by atoms with E-state index < -0.39 is 53.0 Å². The Morgan fingerprint density at radius 2 is 0.766 bits per heavy atom. The minimum absolute atomic E-state index is 0.00781. The Morgan fingerprint density at radius 3 is 1.18 bits per heavy atom. The highest BCUT2D eigenvalue weighted by molar-refractivity contribution is 6.05. The van der Waals surface area contributed by atoms with Crippen LogP contribution < -0.4 is 53.2 Å². The molecule has 0 aliphatic carbocycles. The van der Waals surface area contributed by atoms with Crippen LogP contribution in [0.15, 0.2) is 43.1 Å². The van der Waals surface area contributed by atoms with Crippen LogP contribution in [-0.2, 0) is 59.2 Å². The van der Waals surface area contributed by atoms with E-state index in [1.165, 1.54) is 118 Å². The average Bonchev–Trinajstić information content (AvgIpc) is 1.71. The van der Waals surface area contributed by atoms with Crippen molar-refractivity contribution in [3.05, 3.63) is 72.0 Å². The van der Waals surface area contributed by atoms with Crippen LogP contribution in [0.4, 0.5) is 33.6 Å². The number of nitrogens with zero attached hydrogens (tertiary/aromatic N) is 9. The van der Waals surface area contributed by atoms with Gasteiger partial charge in [-0.2, -0.15) is 0 Å². The number of alkyl carbamates (subject to hydrolysis) is 1. The summed E-state index contributed by atoms with van der Waals surface area (Å²) in [6.07, 6.45) is 24.5. The number of hydrogen-bond acceptors (Lipinski definition) is 15. The first-order valence-corrected chi connectivity index (χ1v) is 32.5. The smallest absolute Gasteiger partial charge is 0.407 e. The lowest BCUT2D eigenvalue weighted by atomic mass is 10.0. The highest BCUT2D eigenvalue weighted by Gasteiger charge is 2.23. The molecule has 5 heterocycles. The summed E-state index contributed by atoms with van der Waals surface area (Å²) in [6.45, 7) is 10.0. The highest BCUT2D eigenvalue weighted by Crippen LogP contribution is 2.19. The third-order valence-electron chi connectivity index (χ3n) is 14.9. The van der Waals surface area contributed by atoms with Gasteiger partial charge in [0.25, 0.3) is 29.5 Å². The molecular formula is C64H99N19O11. The zero-order valence-corrected chi connectivity index (χ0v) is 56.4. The lowest BCUT2D eigenvalue weighted by molar-refractivity contribution is -0.121. The van der Waals surface area contributed by atoms with E-state index in [4.69, 9.17) is 4.74 Å². The molecule has 94 heavy (non-hydrogen) atoms. The molecule has 0 aliphatic rings. The van der Waals surface area contributed by atoms with Crippen molar-refractivity contribution in [2.75, 3.05) is 79.4 Å². The first kappa shape index (κ1) is 75.4. The summed E-state index contributed by atoms with van der Waals surface area (Å²) in [6, 6.07) is 2.92. The fourth-order valence-corrected chi connectivity index (χ4v) is 9.98. The lowest BCUT2D eigenvalue weighted by Crippen LogP contribution is -2.34. The molecule has 10 N–H and O–H groups in total. The minimum atomic E-state index is -0.642. The maximum Gasteiger partial charge on any atom is 0.407 e. The van der Waals surface area contributed by atoms with Crippen molar-refractivity contribution in [3.8, 4) is 0 Å². The fraction of sp³-hybridized carbons (Fsp3) is 0.578.